The molecule has 1 amide bonds. The topological polar surface area (TPSA) is 64.3 Å². The number of halogens is 1. The highest BCUT2D eigenvalue weighted by Gasteiger charge is 2.32. The van der Waals surface area contributed by atoms with Crippen LogP contribution in [0.2, 0.25) is 0 Å². The lowest BCUT2D eigenvalue weighted by atomic mass is 9.98. The molecule has 3 N–H and O–H groups in total. The second kappa shape index (κ2) is 7.21. The minimum atomic E-state index is -0.426. The number of nitrogens with one attached hydrogen (secondary N) is 1. The lowest BCUT2D eigenvalue weighted by molar-refractivity contribution is -0.121. The molecule has 2 unspecified atom stereocenters. The predicted molar refractivity (Wildman–Crippen MR) is 79.1 cm³/mol. The zero-order chi connectivity index (χ0) is 15.2. The zero-order valence-corrected chi connectivity index (χ0v) is 12.0. The van der Waals surface area contributed by atoms with Crippen molar-refractivity contribution in [1.29, 1.82) is 0 Å². The molecule has 0 radical (unpaired) electrons. The first kappa shape index (κ1) is 15.5. The van der Waals surface area contributed by atoms with Gasteiger partial charge in [-0.05, 0) is 31.0 Å². The van der Waals surface area contributed by atoms with E-state index in [1.54, 1.807) is 0 Å². The van der Waals surface area contributed by atoms with Crippen molar-refractivity contribution in [2.45, 2.75) is 25.9 Å². The van der Waals surface area contributed by atoms with Crippen molar-refractivity contribution >= 4 is 11.6 Å². The molecular formula is C16H19FN2O2. The summed E-state index contributed by atoms with van der Waals surface area (Å²) in [5.41, 5.74) is 6.04. The molecule has 112 valence electrons. The summed E-state index contributed by atoms with van der Waals surface area (Å²) in [6, 6.07) is 4.34. The van der Waals surface area contributed by atoms with Crippen molar-refractivity contribution in [3.05, 3.63) is 29.6 Å². The molecular weight excluding hydrogens is 271 g/mol. The van der Waals surface area contributed by atoms with Crippen LogP contribution in [0.1, 0.15) is 25.3 Å². The first-order chi connectivity index (χ1) is 10.2. The van der Waals surface area contributed by atoms with E-state index in [2.05, 4.69) is 17.2 Å². The fourth-order valence-electron chi connectivity index (χ4n) is 2.43. The molecule has 1 heterocycles. The molecule has 2 rings (SSSR count). The van der Waals surface area contributed by atoms with E-state index in [-0.39, 0.29) is 30.0 Å². The highest BCUT2D eigenvalue weighted by molar-refractivity contribution is 5.93. The molecule has 1 aliphatic heterocycles. The van der Waals surface area contributed by atoms with Gasteiger partial charge in [0.25, 0.3) is 0 Å². The molecule has 21 heavy (non-hydrogen) atoms. The van der Waals surface area contributed by atoms with Gasteiger partial charge in [-0.1, -0.05) is 18.8 Å². The Kier molecular flexibility index (Phi) is 5.32. The van der Waals surface area contributed by atoms with E-state index in [1.165, 1.54) is 18.2 Å². The maximum atomic E-state index is 13.6. The van der Waals surface area contributed by atoms with Gasteiger partial charge in [-0.3, -0.25) is 4.79 Å². The summed E-state index contributed by atoms with van der Waals surface area (Å²) >= 11 is 0. The second-order valence-electron chi connectivity index (χ2n) is 4.90. The van der Waals surface area contributed by atoms with E-state index in [1.807, 2.05) is 6.92 Å². The predicted octanol–water partition coefficient (Wildman–Crippen LogP) is 1.89. The number of benzene rings is 1. The van der Waals surface area contributed by atoms with Gasteiger partial charge in [0.05, 0.1) is 24.1 Å². The summed E-state index contributed by atoms with van der Waals surface area (Å²) in [7, 11) is 0. The van der Waals surface area contributed by atoms with E-state index >= 15 is 0 Å². The maximum Gasteiger partial charge on any atom is 0.230 e. The van der Waals surface area contributed by atoms with E-state index in [9.17, 15) is 9.18 Å². The van der Waals surface area contributed by atoms with Crippen molar-refractivity contribution in [2.75, 3.05) is 18.5 Å². The Balaban J connectivity index is 2.10. The lowest BCUT2D eigenvalue weighted by Gasteiger charge is -2.16. The lowest BCUT2D eigenvalue weighted by Crippen LogP contribution is -2.29. The number of ether oxygens (including phenoxy) is 1. The standard InChI is InChI=1S/C16H19FN2O2/c1-2-15-13(7-9-21-15)16(20)19-12-5-6-14(17)11(10-12)4-3-8-18/h5-6,10,13,15H,2,7-9,18H2,1H3,(H,19,20). The van der Waals surface area contributed by atoms with Crippen LogP contribution in [0, 0.1) is 23.6 Å². The Bertz CT molecular complexity index is 577. The monoisotopic (exact) mass is 290 g/mol. The van der Waals surface area contributed by atoms with E-state index in [0.29, 0.717) is 18.7 Å². The van der Waals surface area contributed by atoms with Gasteiger partial charge < -0.3 is 15.8 Å². The first-order valence-corrected chi connectivity index (χ1v) is 7.06. The van der Waals surface area contributed by atoms with Crippen LogP contribution in [0.4, 0.5) is 10.1 Å². The van der Waals surface area contributed by atoms with Crippen molar-refractivity contribution in [1.82, 2.24) is 0 Å². The third kappa shape index (κ3) is 3.81. The van der Waals surface area contributed by atoms with Crippen LogP contribution in [0.25, 0.3) is 0 Å². The number of carbonyl (C=O) groups is 1. The smallest absolute Gasteiger partial charge is 0.230 e. The second-order valence-corrected chi connectivity index (χ2v) is 4.90. The molecule has 0 aromatic heterocycles. The summed E-state index contributed by atoms with van der Waals surface area (Å²) in [6.07, 6.45) is 1.47. The van der Waals surface area contributed by atoms with Gasteiger partial charge in [0.2, 0.25) is 5.91 Å². The summed E-state index contributed by atoms with van der Waals surface area (Å²) in [5.74, 6) is 4.58. The van der Waals surface area contributed by atoms with Crippen LogP contribution >= 0.6 is 0 Å². The molecule has 1 aromatic carbocycles. The minimum Gasteiger partial charge on any atom is -0.377 e. The minimum absolute atomic E-state index is 0.0399. The Morgan fingerprint density at radius 2 is 2.38 bits per heavy atom. The Morgan fingerprint density at radius 1 is 1.57 bits per heavy atom. The van der Waals surface area contributed by atoms with E-state index < -0.39 is 5.82 Å². The van der Waals surface area contributed by atoms with E-state index in [0.717, 1.165) is 6.42 Å². The normalized spacial score (nSPS) is 20.7. The molecule has 1 aromatic rings. The van der Waals surface area contributed by atoms with Crippen LogP contribution in [-0.2, 0) is 9.53 Å². The summed E-state index contributed by atoms with van der Waals surface area (Å²) in [5, 5.41) is 2.81. The molecule has 5 heteroatoms. The number of anilines is 1. The quantitative estimate of drug-likeness (QED) is 0.836. The number of carbonyl (C=O) groups excluding carboxylic acids is 1. The van der Waals surface area contributed by atoms with Crippen LogP contribution in [-0.4, -0.2) is 25.2 Å². The van der Waals surface area contributed by atoms with Crippen LogP contribution in [0.5, 0.6) is 0 Å². The van der Waals surface area contributed by atoms with Gasteiger partial charge in [0, 0.05) is 12.3 Å². The molecule has 0 aliphatic carbocycles. The first-order valence-electron chi connectivity index (χ1n) is 7.06. The molecule has 1 saturated heterocycles. The van der Waals surface area contributed by atoms with Crippen LogP contribution in [0.15, 0.2) is 18.2 Å². The number of hydrogen-bond donors (Lipinski definition) is 2. The zero-order valence-electron chi connectivity index (χ0n) is 12.0. The van der Waals surface area contributed by atoms with Crippen molar-refractivity contribution in [3.63, 3.8) is 0 Å². The molecule has 0 bridgehead atoms. The average molecular weight is 290 g/mol. The molecule has 1 aliphatic rings. The summed E-state index contributed by atoms with van der Waals surface area (Å²) < 4.78 is 19.1. The molecule has 0 spiro atoms. The third-order valence-electron chi connectivity index (χ3n) is 3.51. The molecule has 2 atom stereocenters. The van der Waals surface area contributed by atoms with Crippen molar-refractivity contribution in [2.24, 2.45) is 11.7 Å². The highest BCUT2D eigenvalue weighted by atomic mass is 19.1. The Hall–Kier alpha value is -1.90. The van der Waals surface area contributed by atoms with Gasteiger partial charge >= 0.3 is 0 Å². The van der Waals surface area contributed by atoms with Gasteiger partial charge in [0.1, 0.15) is 5.82 Å². The fraction of sp³-hybridized carbons (Fsp3) is 0.438. The van der Waals surface area contributed by atoms with Gasteiger partial charge in [0.15, 0.2) is 0 Å². The summed E-state index contributed by atoms with van der Waals surface area (Å²) in [4.78, 5) is 12.3. The van der Waals surface area contributed by atoms with Crippen LogP contribution < -0.4 is 11.1 Å². The molecule has 1 fully saturated rings. The average Bonchev–Trinajstić information content (AvgIpc) is 2.96. The SMILES string of the molecule is CCC1OCCC1C(=O)Nc1ccc(F)c(C#CCN)c1. The van der Waals surface area contributed by atoms with Crippen LogP contribution in [0.3, 0.4) is 0 Å². The van der Waals surface area contributed by atoms with Gasteiger partial charge in [-0.25, -0.2) is 4.39 Å². The maximum absolute atomic E-state index is 13.6. The number of nitrogens with two attached hydrogens (primary N) is 1. The Morgan fingerprint density at radius 3 is 3.10 bits per heavy atom. The highest BCUT2D eigenvalue weighted by Crippen LogP contribution is 2.25. The van der Waals surface area contributed by atoms with Crippen molar-refractivity contribution in [3.8, 4) is 11.8 Å². The number of amides is 1. The Labute approximate surface area is 123 Å². The largest absolute Gasteiger partial charge is 0.377 e. The number of hydrogen-bond acceptors (Lipinski definition) is 3. The van der Waals surface area contributed by atoms with Crippen molar-refractivity contribution < 1.29 is 13.9 Å². The fourth-order valence-corrected chi connectivity index (χ4v) is 2.43. The van der Waals surface area contributed by atoms with Gasteiger partial charge in [-0.2, -0.15) is 0 Å². The van der Waals surface area contributed by atoms with E-state index in [4.69, 9.17) is 10.5 Å². The number of rotatable bonds is 3. The molecule has 0 saturated carbocycles. The third-order valence-corrected chi connectivity index (χ3v) is 3.51. The molecule has 4 nitrogen and oxygen atoms in total. The van der Waals surface area contributed by atoms with Gasteiger partial charge in [-0.15, -0.1) is 0 Å². The summed E-state index contributed by atoms with van der Waals surface area (Å²) in [6.45, 7) is 2.76.